The van der Waals surface area contributed by atoms with Gasteiger partial charge in [-0.25, -0.2) is 9.67 Å². The first kappa shape index (κ1) is 19.8. The molecular formula is C23H22N4O2S. The van der Waals surface area contributed by atoms with Crippen molar-refractivity contribution < 1.29 is 9.53 Å². The van der Waals surface area contributed by atoms with Gasteiger partial charge in [-0.15, -0.1) is 11.3 Å². The quantitative estimate of drug-likeness (QED) is 0.499. The minimum Gasteiger partial charge on any atom is -0.496 e. The summed E-state index contributed by atoms with van der Waals surface area (Å²) >= 11 is 1.42. The van der Waals surface area contributed by atoms with Crippen LogP contribution in [0.25, 0.3) is 16.3 Å². The van der Waals surface area contributed by atoms with Crippen LogP contribution in [0.15, 0.2) is 60.0 Å². The second-order valence-electron chi connectivity index (χ2n) is 6.82. The number of para-hydroxylation sites is 2. The Morgan fingerprint density at radius 2 is 1.83 bits per heavy atom. The summed E-state index contributed by atoms with van der Waals surface area (Å²) in [5.41, 5.74) is 5.17. The second-order valence-corrected chi connectivity index (χ2v) is 7.68. The lowest BCUT2D eigenvalue weighted by Gasteiger charge is -2.06. The summed E-state index contributed by atoms with van der Waals surface area (Å²) in [4.78, 5) is 17.2. The minimum absolute atomic E-state index is 0.210. The number of benzene rings is 2. The van der Waals surface area contributed by atoms with Crippen molar-refractivity contribution in [2.45, 2.75) is 20.4 Å². The predicted octanol–water partition coefficient (Wildman–Crippen LogP) is 4.55. The maximum absolute atomic E-state index is 12.7. The summed E-state index contributed by atoms with van der Waals surface area (Å²) in [6.07, 6.45) is 0. The molecule has 0 radical (unpaired) electrons. The van der Waals surface area contributed by atoms with Crippen molar-refractivity contribution in [3.8, 4) is 22.0 Å². The van der Waals surface area contributed by atoms with E-state index in [2.05, 4.69) is 15.4 Å². The Morgan fingerprint density at radius 3 is 2.60 bits per heavy atom. The lowest BCUT2D eigenvalue weighted by molar-refractivity contribution is 0.0946. The van der Waals surface area contributed by atoms with Crippen molar-refractivity contribution in [3.63, 3.8) is 0 Å². The lowest BCUT2D eigenvalue weighted by Crippen LogP contribution is -2.23. The van der Waals surface area contributed by atoms with E-state index in [0.29, 0.717) is 12.2 Å². The number of nitrogens with zero attached hydrogens (tertiary/aromatic N) is 3. The smallest absolute Gasteiger partial charge is 0.271 e. The Labute approximate surface area is 179 Å². The monoisotopic (exact) mass is 418 g/mol. The van der Waals surface area contributed by atoms with Gasteiger partial charge in [0.2, 0.25) is 0 Å². The number of hydrogen-bond donors (Lipinski definition) is 1. The summed E-state index contributed by atoms with van der Waals surface area (Å²) in [6.45, 7) is 4.36. The Bertz CT molecular complexity index is 1180. The number of methoxy groups -OCH3 is 1. The molecule has 1 amide bonds. The van der Waals surface area contributed by atoms with Gasteiger partial charge in [-0.05, 0) is 38.1 Å². The Hall–Kier alpha value is -3.45. The Balaban J connectivity index is 1.50. The van der Waals surface area contributed by atoms with Gasteiger partial charge in [-0.1, -0.05) is 30.3 Å². The van der Waals surface area contributed by atoms with E-state index in [-0.39, 0.29) is 5.91 Å². The first-order valence-electron chi connectivity index (χ1n) is 9.56. The molecule has 7 heteroatoms. The zero-order valence-electron chi connectivity index (χ0n) is 17.0. The number of aryl methyl sites for hydroxylation is 1. The molecule has 0 atom stereocenters. The van der Waals surface area contributed by atoms with Crippen LogP contribution in [0.2, 0.25) is 0 Å². The van der Waals surface area contributed by atoms with Gasteiger partial charge < -0.3 is 10.1 Å². The number of thiazole rings is 1. The molecular weight excluding hydrogens is 396 g/mol. The number of hydrogen-bond acceptors (Lipinski definition) is 5. The van der Waals surface area contributed by atoms with Crippen molar-refractivity contribution in [3.05, 3.63) is 82.6 Å². The highest BCUT2D eigenvalue weighted by Gasteiger charge is 2.17. The van der Waals surface area contributed by atoms with Crippen LogP contribution in [0.3, 0.4) is 0 Å². The number of amides is 1. The molecule has 0 aliphatic carbocycles. The first-order valence-corrected chi connectivity index (χ1v) is 10.4. The maximum atomic E-state index is 12.7. The zero-order chi connectivity index (χ0) is 21.1. The van der Waals surface area contributed by atoms with Gasteiger partial charge in [0, 0.05) is 23.2 Å². The van der Waals surface area contributed by atoms with Gasteiger partial charge in [-0.3, -0.25) is 4.79 Å². The largest absolute Gasteiger partial charge is 0.496 e. The molecule has 152 valence electrons. The summed E-state index contributed by atoms with van der Waals surface area (Å²) < 4.78 is 7.30. The molecule has 0 unspecified atom stereocenters. The molecule has 0 saturated carbocycles. The highest BCUT2D eigenvalue weighted by atomic mass is 32.1. The Morgan fingerprint density at radius 1 is 1.10 bits per heavy atom. The summed E-state index contributed by atoms with van der Waals surface area (Å²) in [7, 11) is 1.63. The predicted molar refractivity (Wildman–Crippen MR) is 118 cm³/mol. The fourth-order valence-electron chi connectivity index (χ4n) is 3.33. The molecule has 4 aromatic rings. The number of nitrogens with one attached hydrogen (secondary N) is 1. The van der Waals surface area contributed by atoms with Crippen LogP contribution in [0, 0.1) is 13.8 Å². The molecule has 0 fully saturated rings. The van der Waals surface area contributed by atoms with E-state index in [0.717, 1.165) is 39.0 Å². The fraction of sp³-hybridized carbons (Fsp3) is 0.174. The third-order valence-electron chi connectivity index (χ3n) is 4.94. The van der Waals surface area contributed by atoms with Gasteiger partial charge in [0.15, 0.2) is 0 Å². The van der Waals surface area contributed by atoms with Crippen LogP contribution >= 0.6 is 11.3 Å². The molecule has 0 spiro atoms. The standard InChI is InChI=1S/C23H22N4O2S/c1-15-19(16(2)27(26-15)17-9-5-4-6-10-17)13-24-22(28)20-14-30-23(25-20)18-11-7-8-12-21(18)29-3/h4-12,14H,13H2,1-3H3,(H,24,28). The lowest BCUT2D eigenvalue weighted by atomic mass is 10.2. The third-order valence-corrected chi connectivity index (χ3v) is 5.82. The summed E-state index contributed by atoms with van der Waals surface area (Å²) in [5, 5.41) is 10.1. The fourth-order valence-corrected chi connectivity index (χ4v) is 4.16. The number of aromatic nitrogens is 3. The Kier molecular flexibility index (Phi) is 5.63. The van der Waals surface area contributed by atoms with E-state index in [1.165, 1.54) is 11.3 Å². The summed E-state index contributed by atoms with van der Waals surface area (Å²) in [5.74, 6) is 0.525. The third kappa shape index (κ3) is 3.84. The van der Waals surface area contributed by atoms with Crippen LogP contribution in [0.5, 0.6) is 5.75 Å². The molecule has 0 bridgehead atoms. The molecule has 2 aromatic heterocycles. The van der Waals surface area contributed by atoms with E-state index < -0.39 is 0 Å². The molecule has 6 nitrogen and oxygen atoms in total. The van der Waals surface area contributed by atoms with Crippen molar-refractivity contribution >= 4 is 17.2 Å². The minimum atomic E-state index is -0.210. The first-order chi connectivity index (χ1) is 14.6. The maximum Gasteiger partial charge on any atom is 0.271 e. The van der Waals surface area contributed by atoms with E-state index >= 15 is 0 Å². The molecule has 2 aromatic carbocycles. The summed E-state index contributed by atoms with van der Waals surface area (Å²) in [6, 6.07) is 17.6. The highest BCUT2D eigenvalue weighted by molar-refractivity contribution is 7.13. The van der Waals surface area contributed by atoms with Crippen LogP contribution in [-0.4, -0.2) is 27.8 Å². The molecule has 4 rings (SSSR count). The van der Waals surface area contributed by atoms with Gasteiger partial charge in [0.25, 0.3) is 5.91 Å². The van der Waals surface area contributed by atoms with E-state index in [1.54, 1.807) is 12.5 Å². The van der Waals surface area contributed by atoms with Crippen LogP contribution in [0.4, 0.5) is 0 Å². The van der Waals surface area contributed by atoms with E-state index in [9.17, 15) is 4.79 Å². The molecule has 2 heterocycles. The number of ether oxygens (including phenoxy) is 1. The molecule has 1 N–H and O–H groups in total. The normalized spacial score (nSPS) is 10.8. The highest BCUT2D eigenvalue weighted by Crippen LogP contribution is 2.31. The molecule has 0 aliphatic rings. The number of rotatable bonds is 6. The van der Waals surface area contributed by atoms with Gasteiger partial charge >= 0.3 is 0 Å². The van der Waals surface area contributed by atoms with Crippen molar-refractivity contribution in [2.75, 3.05) is 7.11 Å². The van der Waals surface area contributed by atoms with Crippen molar-refractivity contribution in [2.24, 2.45) is 0 Å². The number of carbonyl (C=O) groups excluding carboxylic acids is 1. The second kappa shape index (κ2) is 8.51. The van der Waals surface area contributed by atoms with E-state index in [1.807, 2.05) is 73.1 Å². The average Bonchev–Trinajstić information content (AvgIpc) is 3.38. The average molecular weight is 419 g/mol. The topological polar surface area (TPSA) is 69.0 Å². The van der Waals surface area contributed by atoms with E-state index in [4.69, 9.17) is 4.74 Å². The molecule has 0 saturated heterocycles. The van der Waals surface area contributed by atoms with Crippen molar-refractivity contribution in [1.29, 1.82) is 0 Å². The van der Waals surface area contributed by atoms with Crippen molar-refractivity contribution in [1.82, 2.24) is 20.1 Å². The van der Waals surface area contributed by atoms with Gasteiger partial charge in [0.05, 0.1) is 24.1 Å². The molecule has 0 aliphatic heterocycles. The SMILES string of the molecule is COc1ccccc1-c1nc(C(=O)NCc2c(C)nn(-c3ccccc3)c2C)cs1. The van der Waals surface area contributed by atoms with Crippen LogP contribution < -0.4 is 10.1 Å². The zero-order valence-corrected chi connectivity index (χ0v) is 17.9. The van der Waals surface area contributed by atoms with Gasteiger partial charge in [-0.2, -0.15) is 5.10 Å². The number of carbonyl (C=O) groups is 1. The molecule has 30 heavy (non-hydrogen) atoms. The van der Waals surface area contributed by atoms with Crippen LogP contribution in [0.1, 0.15) is 27.4 Å². The van der Waals surface area contributed by atoms with Gasteiger partial charge in [0.1, 0.15) is 16.5 Å². The van der Waals surface area contributed by atoms with Crippen LogP contribution in [-0.2, 0) is 6.54 Å².